The smallest absolute Gasteiger partial charge is 0.274 e. The lowest BCUT2D eigenvalue weighted by Gasteiger charge is -2.11. The standard InChI is InChI=1S/C15H13N3O2/c1-11-5-4-7-12(9-16)15(11)17-10-13-6-2-3-8-14(13)18(19)20/h2-8,17H,10H2,1H3. The molecule has 2 rings (SSSR count). The van der Waals surface area contributed by atoms with E-state index in [0.29, 0.717) is 23.4 Å². The fourth-order valence-corrected chi connectivity index (χ4v) is 2.02. The highest BCUT2D eigenvalue weighted by molar-refractivity contribution is 5.62. The van der Waals surface area contributed by atoms with E-state index in [1.54, 1.807) is 24.3 Å². The van der Waals surface area contributed by atoms with Crippen LogP contribution < -0.4 is 5.32 Å². The van der Waals surface area contributed by atoms with Gasteiger partial charge in [0.2, 0.25) is 0 Å². The highest BCUT2D eigenvalue weighted by atomic mass is 16.6. The third-order valence-electron chi connectivity index (χ3n) is 3.04. The molecule has 5 nitrogen and oxygen atoms in total. The van der Waals surface area contributed by atoms with E-state index >= 15 is 0 Å². The van der Waals surface area contributed by atoms with Crippen molar-refractivity contribution in [2.75, 3.05) is 5.32 Å². The molecule has 2 aromatic rings. The Morgan fingerprint density at radius 2 is 2.00 bits per heavy atom. The molecule has 0 spiro atoms. The lowest BCUT2D eigenvalue weighted by molar-refractivity contribution is -0.385. The van der Waals surface area contributed by atoms with E-state index in [0.717, 1.165) is 5.56 Å². The van der Waals surface area contributed by atoms with Crippen molar-refractivity contribution < 1.29 is 4.92 Å². The summed E-state index contributed by atoms with van der Waals surface area (Å²) >= 11 is 0. The first-order valence-electron chi connectivity index (χ1n) is 6.09. The number of para-hydroxylation sites is 2. The average Bonchev–Trinajstić information content (AvgIpc) is 2.46. The number of hydrogen-bond donors (Lipinski definition) is 1. The minimum atomic E-state index is -0.403. The average molecular weight is 267 g/mol. The van der Waals surface area contributed by atoms with Gasteiger partial charge in [-0.2, -0.15) is 5.26 Å². The molecular formula is C15H13N3O2. The Kier molecular flexibility index (Phi) is 3.96. The van der Waals surface area contributed by atoms with Crippen LogP contribution in [0.3, 0.4) is 0 Å². The van der Waals surface area contributed by atoms with Gasteiger partial charge in [-0.1, -0.05) is 30.3 Å². The summed E-state index contributed by atoms with van der Waals surface area (Å²) in [5.74, 6) is 0. The Bertz CT molecular complexity index is 690. The molecule has 0 aliphatic rings. The van der Waals surface area contributed by atoms with E-state index in [-0.39, 0.29) is 5.69 Å². The first kappa shape index (κ1) is 13.6. The number of anilines is 1. The van der Waals surface area contributed by atoms with Crippen LogP contribution in [0.5, 0.6) is 0 Å². The van der Waals surface area contributed by atoms with Crippen molar-refractivity contribution in [1.29, 1.82) is 5.26 Å². The number of nitrogens with zero attached hydrogens (tertiary/aromatic N) is 2. The number of rotatable bonds is 4. The van der Waals surface area contributed by atoms with Crippen LogP contribution in [0, 0.1) is 28.4 Å². The molecule has 0 fully saturated rings. The summed E-state index contributed by atoms with van der Waals surface area (Å²) in [6.45, 7) is 2.19. The molecule has 0 saturated heterocycles. The van der Waals surface area contributed by atoms with Crippen LogP contribution in [-0.4, -0.2) is 4.92 Å². The molecule has 5 heteroatoms. The third kappa shape index (κ3) is 2.75. The number of nitriles is 1. The molecule has 0 aliphatic heterocycles. The monoisotopic (exact) mass is 267 g/mol. The zero-order valence-electron chi connectivity index (χ0n) is 11.0. The molecule has 0 aromatic heterocycles. The number of benzene rings is 2. The van der Waals surface area contributed by atoms with Gasteiger partial charge < -0.3 is 5.32 Å². The van der Waals surface area contributed by atoms with Crippen LogP contribution in [0.4, 0.5) is 11.4 Å². The Labute approximate surface area is 116 Å². The van der Waals surface area contributed by atoms with Crippen molar-refractivity contribution >= 4 is 11.4 Å². The molecule has 20 heavy (non-hydrogen) atoms. The second kappa shape index (κ2) is 5.85. The molecule has 0 saturated carbocycles. The van der Waals surface area contributed by atoms with Gasteiger partial charge in [0.05, 0.1) is 16.2 Å². The van der Waals surface area contributed by atoms with E-state index in [4.69, 9.17) is 5.26 Å². The van der Waals surface area contributed by atoms with Crippen LogP contribution in [0.2, 0.25) is 0 Å². The number of nitrogens with one attached hydrogen (secondary N) is 1. The summed E-state index contributed by atoms with van der Waals surface area (Å²) in [7, 11) is 0. The van der Waals surface area contributed by atoms with Crippen molar-refractivity contribution in [3.05, 3.63) is 69.3 Å². The number of nitro groups is 1. The largest absolute Gasteiger partial charge is 0.379 e. The Morgan fingerprint density at radius 3 is 2.70 bits per heavy atom. The lowest BCUT2D eigenvalue weighted by Crippen LogP contribution is -2.05. The van der Waals surface area contributed by atoms with Crippen molar-refractivity contribution in [3.8, 4) is 6.07 Å². The Morgan fingerprint density at radius 1 is 1.25 bits per heavy atom. The summed E-state index contributed by atoms with van der Waals surface area (Å²) in [5, 5.41) is 23.2. The maximum absolute atomic E-state index is 10.9. The minimum absolute atomic E-state index is 0.0760. The van der Waals surface area contributed by atoms with Gasteiger partial charge >= 0.3 is 0 Å². The zero-order valence-corrected chi connectivity index (χ0v) is 11.0. The summed E-state index contributed by atoms with van der Waals surface area (Å²) in [6.07, 6.45) is 0. The first-order valence-corrected chi connectivity index (χ1v) is 6.09. The van der Waals surface area contributed by atoms with E-state index in [2.05, 4.69) is 11.4 Å². The third-order valence-corrected chi connectivity index (χ3v) is 3.04. The maximum Gasteiger partial charge on any atom is 0.274 e. The van der Waals surface area contributed by atoms with Crippen LogP contribution >= 0.6 is 0 Å². The highest BCUT2D eigenvalue weighted by Crippen LogP contribution is 2.23. The normalized spacial score (nSPS) is 9.80. The second-order valence-corrected chi connectivity index (χ2v) is 4.35. The van der Waals surface area contributed by atoms with Crippen LogP contribution in [0.1, 0.15) is 16.7 Å². The van der Waals surface area contributed by atoms with Crippen LogP contribution in [-0.2, 0) is 6.54 Å². The van der Waals surface area contributed by atoms with Crippen molar-refractivity contribution in [2.24, 2.45) is 0 Å². The minimum Gasteiger partial charge on any atom is -0.379 e. The summed E-state index contributed by atoms with van der Waals surface area (Å²) in [4.78, 5) is 10.5. The molecule has 2 aromatic carbocycles. The molecule has 1 N–H and O–H groups in total. The number of hydrogen-bond acceptors (Lipinski definition) is 4. The molecule has 0 atom stereocenters. The van der Waals surface area contributed by atoms with Gasteiger partial charge in [0.1, 0.15) is 6.07 Å². The second-order valence-electron chi connectivity index (χ2n) is 4.35. The Hall–Kier alpha value is -2.87. The first-order chi connectivity index (χ1) is 9.63. The predicted octanol–water partition coefficient (Wildman–Crippen LogP) is 3.39. The molecular weight excluding hydrogens is 254 g/mol. The maximum atomic E-state index is 10.9. The quantitative estimate of drug-likeness (QED) is 0.680. The Balaban J connectivity index is 2.27. The van der Waals surface area contributed by atoms with Gasteiger partial charge in [0.15, 0.2) is 0 Å². The summed E-state index contributed by atoms with van der Waals surface area (Å²) < 4.78 is 0. The van der Waals surface area contributed by atoms with E-state index in [1.807, 2.05) is 19.1 Å². The van der Waals surface area contributed by atoms with E-state index in [1.165, 1.54) is 6.07 Å². The summed E-state index contributed by atoms with van der Waals surface area (Å²) in [5.41, 5.74) is 2.84. The molecule has 0 amide bonds. The fraction of sp³-hybridized carbons (Fsp3) is 0.133. The molecule has 100 valence electrons. The van der Waals surface area contributed by atoms with Crippen molar-refractivity contribution in [1.82, 2.24) is 0 Å². The molecule has 0 unspecified atom stereocenters. The van der Waals surface area contributed by atoms with E-state index < -0.39 is 4.92 Å². The molecule has 0 bridgehead atoms. The van der Waals surface area contributed by atoms with Crippen LogP contribution in [0.25, 0.3) is 0 Å². The van der Waals surface area contributed by atoms with Gasteiger partial charge in [-0.15, -0.1) is 0 Å². The van der Waals surface area contributed by atoms with Gasteiger partial charge in [-0.05, 0) is 18.6 Å². The highest BCUT2D eigenvalue weighted by Gasteiger charge is 2.13. The van der Waals surface area contributed by atoms with Crippen molar-refractivity contribution in [3.63, 3.8) is 0 Å². The van der Waals surface area contributed by atoms with Crippen molar-refractivity contribution in [2.45, 2.75) is 13.5 Å². The lowest BCUT2D eigenvalue weighted by atomic mass is 10.1. The predicted molar refractivity (Wildman–Crippen MR) is 76.3 cm³/mol. The van der Waals surface area contributed by atoms with Gasteiger partial charge in [-0.3, -0.25) is 10.1 Å². The molecule has 0 heterocycles. The number of aryl methyl sites for hydroxylation is 1. The van der Waals surface area contributed by atoms with Crippen LogP contribution in [0.15, 0.2) is 42.5 Å². The SMILES string of the molecule is Cc1cccc(C#N)c1NCc1ccccc1[N+](=O)[O-]. The van der Waals surface area contributed by atoms with Gasteiger partial charge in [-0.25, -0.2) is 0 Å². The fourth-order valence-electron chi connectivity index (χ4n) is 2.02. The number of nitro benzene ring substituents is 1. The molecule has 0 aliphatic carbocycles. The zero-order chi connectivity index (χ0) is 14.5. The molecule has 0 radical (unpaired) electrons. The van der Waals surface area contributed by atoms with E-state index in [9.17, 15) is 10.1 Å². The topological polar surface area (TPSA) is 79.0 Å². The van der Waals surface area contributed by atoms with Gasteiger partial charge in [0.25, 0.3) is 5.69 Å². The summed E-state index contributed by atoms with van der Waals surface area (Å²) in [6, 6.07) is 14.1. The van der Waals surface area contributed by atoms with Gasteiger partial charge in [0, 0.05) is 18.2 Å².